The van der Waals surface area contributed by atoms with Gasteiger partial charge in [-0.1, -0.05) is 65.3 Å². The van der Waals surface area contributed by atoms with E-state index < -0.39 is 0 Å². The third kappa shape index (κ3) is 3.50. The van der Waals surface area contributed by atoms with Crippen LogP contribution in [0.3, 0.4) is 0 Å². The second kappa shape index (κ2) is 7.59. The van der Waals surface area contributed by atoms with E-state index in [0.717, 1.165) is 22.4 Å². The predicted molar refractivity (Wildman–Crippen MR) is 116 cm³/mol. The fraction of sp³-hybridized carbons (Fsp3) is 0.160. The summed E-state index contributed by atoms with van der Waals surface area (Å²) in [6.45, 7) is 2.60. The van der Waals surface area contributed by atoms with Gasteiger partial charge in [-0.15, -0.1) is 0 Å². The van der Waals surface area contributed by atoms with Crippen LogP contribution in [0.2, 0.25) is 0 Å². The normalized spacial score (nSPS) is 16.2. The van der Waals surface area contributed by atoms with Crippen molar-refractivity contribution in [2.45, 2.75) is 19.3 Å². The predicted octanol–water partition coefficient (Wildman–Crippen LogP) is 5.23. The van der Waals surface area contributed by atoms with Crippen molar-refractivity contribution < 1.29 is 9.32 Å². The number of amides is 1. The zero-order valence-corrected chi connectivity index (χ0v) is 16.7. The number of anilines is 1. The monoisotopic (exact) mass is 395 g/mol. The number of hydrogen-bond donors (Lipinski definition) is 0. The second-order valence-corrected chi connectivity index (χ2v) is 7.64. The smallest absolute Gasteiger partial charge is 0.257 e. The lowest BCUT2D eigenvalue weighted by molar-refractivity contribution is -0.117. The van der Waals surface area contributed by atoms with Crippen molar-refractivity contribution in [3.8, 4) is 22.6 Å². The topological polar surface area (TPSA) is 59.2 Å². The maximum Gasteiger partial charge on any atom is 0.257 e. The van der Waals surface area contributed by atoms with Gasteiger partial charge in [-0.05, 0) is 42.3 Å². The van der Waals surface area contributed by atoms with Crippen LogP contribution in [-0.4, -0.2) is 22.6 Å². The Hall–Kier alpha value is -3.73. The number of carbonyl (C=O) groups is 1. The van der Waals surface area contributed by atoms with Crippen LogP contribution in [0.4, 0.5) is 5.69 Å². The number of rotatable bonds is 4. The molecule has 0 spiro atoms. The minimum absolute atomic E-state index is 0.0695. The summed E-state index contributed by atoms with van der Waals surface area (Å²) in [5, 5.41) is 4.17. The molecule has 0 N–H and O–H groups in total. The van der Waals surface area contributed by atoms with Crippen LogP contribution in [-0.2, 0) is 4.79 Å². The molecule has 4 aromatic rings. The Balaban J connectivity index is 1.33. The molecule has 5 heteroatoms. The van der Waals surface area contributed by atoms with Gasteiger partial charge in [-0.25, -0.2) is 0 Å². The molecule has 1 saturated heterocycles. The molecule has 0 saturated carbocycles. The minimum atomic E-state index is -0.0695. The molecule has 0 radical (unpaired) electrons. The Morgan fingerprint density at radius 3 is 2.27 bits per heavy atom. The molecule has 1 aliphatic rings. The van der Waals surface area contributed by atoms with E-state index in [4.69, 9.17) is 4.52 Å². The number of aromatic nitrogens is 2. The van der Waals surface area contributed by atoms with Crippen LogP contribution in [0.15, 0.2) is 83.4 Å². The van der Waals surface area contributed by atoms with Crippen molar-refractivity contribution in [3.05, 3.63) is 90.3 Å². The molecule has 1 atom stereocenters. The number of benzene rings is 3. The highest BCUT2D eigenvalue weighted by atomic mass is 16.5. The molecule has 3 aromatic carbocycles. The van der Waals surface area contributed by atoms with Crippen molar-refractivity contribution in [2.75, 3.05) is 11.4 Å². The van der Waals surface area contributed by atoms with E-state index in [1.807, 2.05) is 73.7 Å². The van der Waals surface area contributed by atoms with Crippen molar-refractivity contribution in [3.63, 3.8) is 0 Å². The van der Waals surface area contributed by atoms with Gasteiger partial charge in [0.2, 0.25) is 5.91 Å². The molecule has 1 unspecified atom stereocenters. The number of nitrogens with zero attached hydrogens (tertiary/aromatic N) is 3. The summed E-state index contributed by atoms with van der Waals surface area (Å²) in [5.74, 6) is 1.08. The Labute approximate surface area is 175 Å². The summed E-state index contributed by atoms with van der Waals surface area (Å²) in [5.41, 5.74) is 5.25. The molecule has 148 valence electrons. The second-order valence-electron chi connectivity index (χ2n) is 7.64. The molecule has 0 bridgehead atoms. The molecule has 5 nitrogen and oxygen atoms in total. The van der Waals surface area contributed by atoms with Crippen molar-refractivity contribution in [2.24, 2.45) is 0 Å². The van der Waals surface area contributed by atoms with Crippen LogP contribution < -0.4 is 4.90 Å². The van der Waals surface area contributed by atoms with Gasteiger partial charge in [-0.2, -0.15) is 4.98 Å². The van der Waals surface area contributed by atoms with Gasteiger partial charge < -0.3 is 9.42 Å². The molecule has 1 aromatic heterocycles. The molecule has 2 heterocycles. The van der Waals surface area contributed by atoms with Gasteiger partial charge in [0.15, 0.2) is 5.82 Å². The Morgan fingerprint density at radius 2 is 1.53 bits per heavy atom. The van der Waals surface area contributed by atoms with Gasteiger partial charge in [0.1, 0.15) is 0 Å². The maximum atomic E-state index is 12.5. The zero-order valence-electron chi connectivity index (χ0n) is 16.7. The summed E-state index contributed by atoms with van der Waals surface area (Å²) < 4.78 is 5.51. The quantitative estimate of drug-likeness (QED) is 0.475. The van der Waals surface area contributed by atoms with E-state index in [0.29, 0.717) is 24.7 Å². The van der Waals surface area contributed by atoms with E-state index in [1.165, 1.54) is 5.56 Å². The lowest BCUT2D eigenvalue weighted by atomic mass is 10.0. The Kier molecular flexibility index (Phi) is 4.64. The molecule has 1 aliphatic heterocycles. The van der Waals surface area contributed by atoms with E-state index in [1.54, 1.807) is 4.90 Å². The van der Waals surface area contributed by atoms with Gasteiger partial charge in [0.05, 0.1) is 0 Å². The van der Waals surface area contributed by atoms with Crippen LogP contribution in [0.5, 0.6) is 0 Å². The third-order valence-electron chi connectivity index (χ3n) is 5.52. The minimum Gasteiger partial charge on any atom is -0.334 e. The van der Waals surface area contributed by atoms with Crippen LogP contribution in [0, 0.1) is 6.92 Å². The van der Waals surface area contributed by atoms with Gasteiger partial charge >= 0.3 is 0 Å². The van der Waals surface area contributed by atoms with Crippen LogP contribution >= 0.6 is 0 Å². The van der Waals surface area contributed by atoms with Crippen molar-refractivity contribution in [1.82, 2.24) is 10.1 Å². The van der Waals surface area contributed by atoms with Crippen molar-refractivity contribution >= 4 is 11.6 Å². The highest BCUT2D eigenvalue weighted by Crippen LogP contribution is 2.32. The lowest BCUT2D eigenvalue weighted by Gasteiger charge is -2.16. The fourth-order valence-corrected chi connectivity index (χ4v) is 3.81. The first kappa shape index (κ1) is 18.3. The van der Waals surface area contributed by atoms with Gasteiger partial charge in [-0.3, -0.25) is 4.79 Å². The van der Waals surface area contributed by atoms with E-state index >= 15 is 0 Å². The molecular formula is C25H21N3O2. The Bertz CT molecular complexity index is 1170. The molecular weight excluding hydrogens is 374 g/mol. The lowest BCUT2D eigenvalue weighted by Crippen LogP contribution is -2.24. The summed E-state index contributed by atoms with van der Waals surface area (Å²) in [4.78, 5) is 18.9. The summed E-state index contributed by atoms with van der Waals surface area (Å²) in [7, 11) is 0. The highest BCUT2D eigenvalue weighted by molar-refractivity contribution is 5.96. The molecule has 1 amide bonds. The van der Waals surface area contributed by atoms with E-state index in [2.05, 4.69) is 22.3 Å². The summed E-state index contributed by atoms with van der Waals surface area (Å²) in [6, 6.07) is 26.3. The SMILES string of the molecule is Cc1ccc(N2CC(c3noc(-c4ccc(-c5ccccc5)cc4)n3)CC2=O)cc1. The molecule has 5 rings (SSSR count). The number of carbonyl (C=O) groups excluding carboxylic acids is 1. The maximum absolute atomic E-state index is 12.5. The zero-order chi connectivity index (χ0) is 20.5. The van der Waals surface area contributed by atoms with E-state index in [9.17, 15) is 4.79 Å². The third-order valence-corrected chi connectivity index (χ3v) is 5.52. The highest BCUT2D eigenvalue weighted by Gasteiger charge is 2.34. The standard InChI is InChI=1S/C25H21N3O2/c1-17-7-13-22(14-8-17)28-16-21(15-23(28)29)24-26-25(30-27-24)20-11-9-19(10-12-20)18-5-3-2-4-6-18/h2-14,21H,15-16H2,1H3. The van der Waals surface area contributed by atoms with Crippen LogP contribution in [0.1, 0.15) is 23.7 Å². The molecule has 0 aliphatic carbocycles. The summed E-state index contributed by atoms with van der Waals surface area (Å²) >= 11 is 0. The molecule has 30 heavy (non-hydrogen) atoms. The van der Waals surface area contributed by atoms with Crippen LogP contribution in [0.25, 0.3) is 22.6 Å². The number of aryl methyl sites for hydroxylation is 1. The first-order valence-electron chi connectivity index (χ1n) is 10.0. The number of hydrogen-bond acceptors (Lipinski definition) is 4. The first-order chi connectivity index (χ1) is 14.7. The fourth-order valence-electron chi connectivity index (χ4n) is 3.81. The van der Waals surface area contributed by atoms with Gasteiger partial charge in [0.25, 0.3) is 5.89 Å². The Morgan fingerprint density at radius 1 is 0.867 bits per heavy atom. The first-order valence-corrected chi connectivity index (χ1v) is 10.0. The van der Waals surface area contributed by atoms with E-state index in [-0.39, 0.29) is 11.8 Å². The average molecular weight is 395 g/mol. The summed E-state index contributed by atoms with van der Waals surface area (Å²) in [6.07, 6.45) is 0.389. The molecule has 1 fully saturated rings. The van der Waals surface area contributed by atoms with Gasteiger partial charge in [0, 0.05) is 30.1 Å². The average Bonchev–Trinajstić information content (AvgIpc) is 3.42. The largest absolute Gasteiger partial charge is 0.334 e. The van der Waals surface area contributed by atoms with Crippen molar-refractivity contribution in [1.29, 1.82) is 0 Å².